The van der Waals surface area contributed by atoms with Crippen LogP contribution in [-0.2, 0) is 15.4 Å². The third-order valence-corrected chi connectivity index (χ3v) is 8.87. The lowest BCUT2D eigenvalue weighted by atomic mass is 9.86. The Kier molecular flexibility index (Phi) is 7.81. The molecule has 0 spiro atoms. The minimum Gasteiger partial charge on any atom is -0.467 e. The largest absolute Gasteiger partial charge is 0.467 e. The second kappa shape index (κ2) is 11.2. The van der Waals surface area contributed by atoms with Crippen LogP contribution in [-0.4, -0.2) is 30.3 Å². The molecule has 1 amide bonds. The summed E-state index contributed by atoms with van der Waals surface area (Å²) in [6.45, 7) is 12.4. The van der Waals surface area contributed by atoms with Crippen molar-refractivity contribution in [3.8, 4) is 17.1 Å². The van der Waals surface area contributed by atoms with Crippen LogP contribution in [0, 0.1) is 13.8 Å². The summed E-state index contributed by atoms with van der Waals surface area (Å²) in [5.74, 6) is -0.333. The molecule has 2 N–H and O–H groups in total. The molecule has 2 atom stereocenters. The summed E-state index contributed by atoms with van der Waals surface area (Å²) >= 11 is 0. The van der Waals surface area contributed by atoms with Gasteiger partial charge in [-0.1, -0.05) is 76.2 Å². The molecule has 0 aliphatic carbocycles. The maximum Gasteiger partial charge on any atom is 0.264 e. The molecule has 3 aromatic carbocycles. The van der Waals surface area contributed by atoms with Crippen LogP contribution < -0.4 is 14.8 Å². The molecule has 0 saturated carbocycles. The summed E-state index contributed by atoms with van der Waals surface area (Å²) in [7, 11) is -4.12. The van der Waals surface area contributed by atoms with Gasteiger partial charge in [0.25, 0.3) is 15.9 Å². The SMILES string of the molecule is CC[C@H]1NC(=O)c2cccc(c2)S(=O)(=O)Nc2nc(cc(-c3c(C)cccc3C)n2)O[C@@H]1c1ccc(C(C)(C)C)cc1. The molecular formula is C33H36N4O4S. The highest BCUT2D eigenvalue weighted by Gasteiger charge is 2.29. The molecule has 1 aromatic heterocycles. The van der Waals surface area contributed by atoms with Gasteiger partial charge in [-0.05, 0) is 66.1 Å². The number of anilines is 1. The predicted molar refractivity (Wildman–Crippen MR) is 164 cm³/mol. The summed E-state index contributed by atoms with van der Waals surface area (Å²) in [6, 6.07) is 21.3. The number of fused-ring (bicyclic) bond motifs is 4. The minimum absolute atomic E-state index is 0.0352. The van der Waals surface area contributed by atoms with Crippen molar-refractivity contribution in [2.75, 3.05) is 4.72 Å². The number of carbonyl (C=O) groups excluding carboxylic acids is 1. The van der Waals surface area contributed by atoms with E-state index in [1.54, 1.807) is 18.2 Å². The highest BCUT2D eigenvalue weighted by molar-refractivity contribution is 7.92. The number of nitrogens with zero attached hydrogens (tertiary/aromatic N) is 2. The Hall–Kier alpha value is -4.24. The van der Waals surface area contributed by atoms with Crippen LogP contribution in [0.3, 0.4) is 0 Å². The quantitative estimate of drug-likeness (QED) is 0.284. The van der Waals surface area contributed by atoms with E-state index in [0.717, 1.165) is 22.3 Å². The summed E-state index contributed by atoms with van der Waals surface area (Å²) in [6.07, 6.45) is -0.0721. The first-order chi connectivity index (χ1) is 19.9. The van der Waals surface area contributed by atoms with E-state index in [2.05, 4.69) is 52.9 Å². The van der Waals surface area contributed by atoms with Crippen LogP contribution in [0.15, 0.2) is 77.7 Å². The number of ether oxygens (including phenoxy) is 1. The fourth-order valence-corrected chi connectivity index (χ4v) is 6.18. The van der Waals surface area contributed by atoms with Crippen molar-refractivity contribution >= 4 is 21.9 Å². The summed E-state index contributed by atoms with van der Waals surface area (Å²) in [5.41, 5.74) is 5.56. The van der Waals surface area contributed by atoms with Gasteiger partial charge in [-0.15, -0.1) is 0 Å². The van der Waals surface area contributed by atoms with E-state index < -0.39 is 28.1 Å². The highest BCUT2D eigenvalue weighted by atomic mass is 32.2. The molecule has 0 saturated heterocycles. The van der Waals surface area contributed by atoms with E-state index in [1.807, 2.05) is 51.1 Å². The van der Waals surface area contributed by atoms with E-state index >= 15 is 0 Å². The number of hydrogen-bond donors (Lipinski definition) is 2. The standard InChI is InChI=1S/C33H36N4O4S/c1-7-26-30(22-14-16-24(17-15-22)33(4,5)6)41-28-19-27(29-20(2)10-8-11-21(29)3)35-32(36-28)37-42(39,40)25-13-9-12-23(18-25)31(38)34-26/h8-19,26,30H,7H2,1-6H3,(H,34,38)(H,35,36,37)/t26-,30-/m1/s1. The van der Waals surface area contributed by atoms with Gasteiger partial charge in [-0.25, -0.2) is 18.1 Å². The Morgan fingerprint density at radius 1 is 0.905 bits per heavy atom. The van der Waals surface area contributed by atoms with Crippen molar-refractivity contribution in [1.29, 1.82) is 0 Å². The van der Waals surface area contributed by atoms with Gasteiger partial charge >= 0.3 is 0 Å². The van der Waals surface area contributed by atoms with E-state index in [0.29, 0.717) is 12.1 Å². The highest BCUT2D eigenvalue weighted by Crippen LogP contribution is 2.33. The molecule has 0 radical (unpaired) electrons. The molecule has 0 fully saturated rings. The topological polar surface area (TPSA) is 110 Å². The number of aryl methyl sites for hydroxylation is 2. The van der Waals surface area contributed by atoms with Gasteiger partial charge in [-0.3, -0.25) is 4.79 Å². The van der Waals surface area contributed by atoms with Crippen LogP contribution in [0.4, 0.5) is 5.95 Å². The van der Waals surface area contributed by atoms with E-state index in [1.165, 1.54) is 17.7 Å². The number of amides is 1. The average molecular weight is 585 g/mol. The van der Waals surface area contributed by atoms with Gasteiger partial charge in [0.05, 0.1) is 16.6 Å². The Labute approximate surface area is 247 Å². The molecule has 218 valence electrons. The molecule has 1 aliphatic heterocycles. The van der Waals surface area contributed by atoms with Crippen LogP contribution in [0.2, 0.25) is 0 Å². The Balaban J connectivity index is 1.72. The number of hydrogen-bond acceptors (Lipinski definition) is 6. The number of rotatable bonds is 3. The van der Waals surface area contributed by atoms with Crippen molar-refractivity contribution in [2.24, 2.45) is 0 Å². The zero-order chi connectivity index (χ0) is 30.2. The average Bonchev–Trinajstić information content (AvgIpc) is 2.94. The smallest absolute Gasteiger partial charge is 0.264 e. The Bertz CT molecular complexity index is 1720. The first-order valence-electron chi connectivity index (χ1n) is 14.0. The molecule has 5 rings (SSSR count). The zero-order valence-corrected chi connectivity index (χ0v) is 25.5. The third-order valence-electron chi connectivity index (χ3n) is 7.55. The summed E-state index contributed by atoms with van der Waals surface area (Å²) in [4.78, 5) is 22.5. The maximum absolute atomic E-state index is 13.4. The summed E-state index contributed by atoms with van der Waals surface area (Å²) < 4.78 is 35.9. The molecule has 0 unspecified atom stereocenters. The van der Waals surface area contributed by atoms with Crippen molar-refractivity contribution in [3.05, 3.63) is 101 Å². The Morgan fingerprint density at radius 3 is 2.21 bits per heavy atom. The lowest BCUT2D eigenvalue weighted by molar-refractivity contribution is 0.0858. The predicted octanol–water partition coefficient (Wildman–Crippen LogP) is 6.50. The Morgan fingerprint density at radius 2 is 1.57 bits per heavy atom. The van der Waals surface area contributed by atoms with Crippen LogP contribution in [0.1, 0.15) is 72.8 Å². The zero-order valence-electron chi connectivity index (χ0n) is 24.7. The van der Waals surface area contributed by atoms with Crippen LogP contribution in [0.25, 0.3) is 11.3 Å². The van der Waals surface area contributed by atoms with Crippen LogP contribution in [0.5, 0.6) is 5.88 Å². The van der Waals surface area contributed by atoms with Crippen LogP contribution >= 0.6 is 0 Å². The summed E-state index contributed by atoms with van der Waals surface area (Å²) in [5, 5.41) is 3.08. The number of aromatic nitrogens is 2. The van der Waals surface area contributed by atoms with Gasteiger partial charge < -0.3 is 10.1 Å². The maximum atomic E-state index is 13.4. The lowest BCUT2D eigenvalue weighted by Crippen LogP contribution is -2.41. The van der Waals surface area contributed by atoms with Gasteiger partial charge in [0.15, 0.2) is 0 Å². The third kappa shape index (κ3) is 6.01. The molecular weight excluding hydrogens is 548 g/mol. The molecule has 4 bridgehead atoms. The molecule has 2 heterocycles. The van der Waals surface area contributed by atoms with Crippen molar-refractivity contribution in [3.63, 3.8) is 0 Å². The number of carbonyl (C=O) groups is 1. The van der Waals surface area contributed by atoms with Crippen molar-refractivity contribution < 1.29 is 17.9 Å². The van der Waals surface area contributed by atoms with E-state index in [9.17, 15) is 13.2 Å². The number of benzene rings is 3. The van der Waals surface area contributed by atoms with Crippen molar-refractivity contribution in [1.82, 2.24) is 15.3 Å². The van der Waals surface area contributed by atoms with E-state index in [4.69, 9.17) is 4.74 Å². The molecule has 1 aliphatic rings. The minimum atomic E-state index is -4.12. The molecule has 4 aromatic rings. The van der Waals surface area contributed by atoms with E-state index in [-0.39, 0.29) is 27.7 Å². The first-order valence-corrected chi connectivity index (χ1v) is 15.5. The number of sulfonamides is 1. The van der Waals surface area contributed by atoms with Gasteiger partial charge in [0, 0.05) is 17.2 Å². The molecule has 8 nitrogen and oxygen atoms in total. The van der Waals surface area contributed by atoms with Gasteiger partial charge in [0.1, 0.15) is 6.10 Å². The monoisotopic (exact) mass is 584 g/mol. The first kappa shape index (κ1) is 29.3. The second-order valence-corrected chi connectivity index (χ2v) is 13.4. The second-order valence-electron chi connectivity index (χ2n) is 11.7. The van der Waals surface area contributed by atoms with Gasteiger partial charge in [-0.2, -0.15) is 4.98 Å². The molecule has 42 heavy (non-hydrogen) atoms. The molecule has 9 heteroatoms. The fraction of sp³-hybridized carbons (Fsp3) is 0.303. The normalized spacial score (nSPS) is 18.4. The fourth-order valence-electron chi connectivity index (χ4n) is 5.19. The van der Waals surface area contributed by atoms with Gasteiger partial charge in [0.2, 0.25) is 11.8 Å². The number of nitrogens with one attached hydrogen (secondary N) is 2. The van der Waals surface area contributed by atoms with Crippen molar-refractivity contribution in [2.45, 2.75) is 70.4 Å². The lowest BCUT2D eigenvalue weighted by Gasteiger charge is -2.29.